The molecule has 0 bridgehead atoms. The van der Waals surface area contributed by atoms with Gasteiger partial charge in [-0.15, -0.1) is 6.42 Å². The van der Waals surface area contributed by atoms with Gasteiger partial charge in [-0.1, -0.05) is 51.3 Å². The third-order valence-electron chi connectivity index (χ3n) is 5.16. The van der Waals surface area contributed by atoms with E-state index < -0.39 is 18.0 Å². The molecule has 6 heteroatoms. The highest BCUT2D eigenvalue weighted by molar-refractivity contribution is 6.11. The highest BCUT2D eigenvalue weighted by Gasteiger charge is 2.34. The van der Waals surface area contributed by atoms with Crippen LogP contribution in [0.15, 0.2) is 40.9 Å². The van der Waals surface area contributed by atoms with E-state index in [2.05, 4.69) is 42.8 Å². The van der Waals surface area contributed by atoms with Crippen LogP contribution in [0, 0.1) is 36.2 Å². The van der Waals surface area contributed by atoms with Gasteiger partial charge >= 0.3 is 12.0 Å². The third-order valence-corrected chi connectivity index (χ3v) is 5.16. The summed E-state index contributed by atoms with van der Waals surface area (Å²) in [7, 11) is 0. The average molecular weight is 396 g/mol. The summed E-state index contributed by atoms with van der Waals surface area (Å²) in [6.07, 6.45) is 14.0. The predicted octanol–water partition coefficient (Wildman–Crippen LogP) is 3.42. The van der Waals surface area contributed by atoms with Crippen LogP contribution >= 0.6 is 0 Å². The molecule has 0 unspecified atom stereocenters. The van der Waals surface area contributed by atoms with Crippen molar-refractivity contribution in [3.8, 4) is 18.4 Å². The van der Waals surface area contributed by atoms with E-state index in [1.165, 1.54) is 0 Å². The van der Waals surface area contributed by atoms with Crippen molar-refractivity contribution in [2.24, 2.45) is 22.9 Å². The lowest BCUT2D eigenvalue weighted by Gasteiger charge is -2.35. The minimum absolute atomic E-state index is 0.138. The first kappa shape index (κ1) is 22.3. The largest absolute Gasteiger partial charge is 0.597 e. The fourth-order valence-corrected chi connectivity index (χ4v) is 3.53. The lowest BCUT2D eigenvalue weighted by molar-refractivity contribution is -0.360. The van der Waals surface area contributed by atoms with E-state index in [1.807, 2.05) is 0 Å². The lowest BCUT2D eigenvalue weighted by Crippen LogP contribution is -2.35. The first-order chi connectivity index (χ1) is 13.8. The second kappa shape index (κ2) is 10.5. The Balaban J connectivity index is 2.09. The third kappa shape index (κ3) is 6.54. The smallest absolute Gasteiger partial charge is 0.464 e. The van der Waals surface area contributed by atoms with E-state index in [0.717, 1.165) is 19.3 Å². The zero-order valence-corrected chi connectivity index (χ0v) is 17.4. The van der Waals surface area contributed by atoms with Crippen LogP contribution < -0.4 is 5.11 Å². The Labute approximate surface area is 172 Å². The molecule has 1 saturated carbocycles. The van der Waals surface area contributed by atoms with Crippen molar-refractivity contribution in [2.45, 2.75) is 59.2 Å². The molecule has 0 aromatic rings. The van der Waals surface area contributed by atoms with Gasteiger partial charge in [-0.25, -0.2) is 4.79 Å². The number of carbonyl (C=O) groups is 1. The SMILES string of the molecule is C#C[C@@H](C)O/C([O-])=C1\C=CC=C\C1=N/[N+]#CC(=O)O[C@@H]1C[C@H](C)CC[C@H]1C(C)C. The zero-order valence-electron chi connectivity index (χ0n) is 17.4. The van der Waals surface area contributed by atoms with E-state index in [-0.39, 0.29) is 17.4 Å². The lowest BCUT2D eigenvalue weighted by atomic mass is 9.75. The normalized spacial score (nSPS) is 27.6. The number of ether oxygens (including phenoxy) is 2. The maximum Gasteiger partial charge on any atom is 0.464 e. The minimum Gasteiger partial charge on any atom is -0.597 e. The van der Waals surface area contributed by atoms with E-state index >= 15 is 0 Å². The molecule has 2 aliphatic rings. The van der Waals surface area contributed by atoms with Gasteiger partial charge in [0.2, 0.25) is 0 Å². The predicted molar refractivity (Wildman–Crippen MR) is 111 cm³/mol. The summed E-state index contributed by atoms with van der Waals surface area (Å²) in [5.41, 5.74) is 0.461. The molecule has 0 spiro atoms. The van der Waals surface area contributed by atoms with E-state index in [4.69, 9.17) is 15.9 Å². The minimum atomic E-state index is -0.660. The van der Waals surface area contributed by atoms with Crippen molar-refractivity contribution < 1.29 is 19.4 Å². The maximum absolute atomic E-state index is 12.2. The molecule has 0 aromatic carbocycles. The molecular weight excluding hydrogens is 368 g/mol. The fourth-order valence-electron chi connectivity index (χ4n) is 3.53. The Morgan fingerprint density at radius 1 is 1.31 bits per heavy atom. The van der Waals surface area contributed by atoms with Crippen LogP contribution in [0.2, 0.25) is 0 Å². The van der Waals surface area contributed by atoms with Gasteiger partial charge in [-0.2, -0.15) is 0 Å². The molecule has 0 amide bonds. The number of hydrogen-bond acceptors (Lipinski definition) is 5. The number of allylic oxidation sites excluding steroid dienone is 5. The van der Waals surface area contributed by atoms with Gasteiger partial charge < -0.3 is 14.6 Å². The maximum atomic E-state index is 12.2. The van der Waals surface area contributed by atoms with Gasteiger partial charge in [0.1, 0.15) is 16.2 Å². The highest BCUT2D eigenvalue weighted by Crippen LogP contribution is 2.35. The molecule has 0 radical (unpaired) electrons. The zero-order chi connectivity index (χ0) is 21.4. The Hall–Kier alpha value is -2.99. The van der Waals surface area contributed by atoms with Crippen LogP contribution in [0.3, 0.4) is 0 Å². The molecule has 2 rings (SSSR count). The summed E-state index contributed by atoms with van der Waals surface area (Å²) in [4.78, 5) is 15.9. The molecule has 0 N–H and O–H groups in total. The molecule has 154 valence electrons. The second-order valence-corrected chi connectivity index (χ2v) is 7.81. The van der Waals surface area contributed by atoms with Crippen LogP contribution in [0.25, 0.3) is 4.95 Å². The summed E-state index contributed by atoms with van der Waals surface area (Å²) in [5.74, 6) is 2.36. The Morgan fingerprint density at radius 3 is 2.72 bits per heavy atom. The molecule has 0 saturated heterocycles. The molecule has 0 aliphatic heterocycles. The standard InChI is InChI=1S/C23H28N2O4/c1-6-17(5)28-23(27)19-9-7-8-10-20(19)25-24-14-22(26)29-21-13-16(4)11-12-18(21)15(2)3/h1,7-10,15-18,21H,11-13H2,2-5H3/t16-,17-,18+,21-/m1/s1. The van der Waals surface area contributed by atoms with Crippen molar-refractivity contribution in [3.63, 3.8) is 0 Å². The van der Waals surface area contributed by atoms with Crippen LogP contribution in [0.1, 0.15) is 47.0 Å². The fraction of sp³-hybridized carbons (Fsp3) is 0.522. The van der Waals surface area contributed by atoms with Crippen molar-refractivity contribution in [2.75, 3.05) is 0 Å². The Kier molecular flexibility index (Phi) is 8.09. The van der Waals surface area contributed by atoms with Crippen LogP contribution in [-0.2, 0) is 14.3 Å². The van der Waals surface area contributed by atoms with Gasteiger partial charge in [-0.3, -0.25) is 0 Å². The molecule has 0 aromatic heterocycles. The molecular formula is C23H28N2O4. The van der Waals surface area contributed by atoms with Crippen molar-refractivity contribution >= 4 is 11.7 Å². The second-order valence-electron chi connectivity index (χ2n) is 7.81. The van der Waals surface area contributed by atoms with Crippen molar-refractivity contribution in [1.29, 1.82) is 0 Å². The van der Waals surface area contributed by atoms with Crippen LogP contribution in [-0.4, -0.2) is 23.9 Å². The summed E-state index contributed by atoms with van der Waals surface area (Å²) in [6, 6.07) is 2.28. The summed E-state index contributed by atoms with van der Waals surface area (Å²) < 4.78 is 10.7. The Bertz CT molecular complexity index is 833. The molecule has 2 aliphatic carbocycles. The van der Waals surface area contributed by atoms with Gasteiger partial charge in [0.05, 0.1) is 12.0 Å². The van der Waals surface area contributed by atoms with E-state index in [9.17, 15) is 9.90 Å². The monoisotopic (exact) mass is 396 g/mol. The van der Waals surface area contributed by atoms with Crippen molar-refractivity contribution in [1.82, 2.24) is 0 Å². The Morgan fingerprint density at radius 2 is 2.03 bits per heavy atom. The first-order valence-corrected chi connectivity index (χ1v) is 9.95. The van der Waals surface area contributed by atoms with Gasteiger partial charge in [0, 0.05) is 5.57 Å². The summed E-state index contributed by atoms with van der Waals surface area (Å²) >= 11 is 0. The number of rotatable bonds is 4. The quantitative estimate of drug-likeness (QED) is 0.240. The van der Waals surface area contributed by atoms with Crippen LogP contribution in [0.5, 0.6) is 0 Å². The molecule has 29 heavy (non-hydrogen) atoms. The average Bonchev–Trinajstić information content (AvgIpc) is 2.68. The molecule has 1 fully saturated rings. The summed E-state index contributed by atoms with van der Waals surface area (Å²) in [6.45, 7) is 8.05. The van der Waals surface area contributed by atoms with Gasteiger partial charge in [0.25, 0.3) is 0 Å². The topological polar surface area (TPSA) is 75.3 Å². The highest BCUT2D eigenvalue weighted by atomic mass is 16.6. The molecule has 0 heterocycles. The molecule has 4 atom stereocenters. The number of nitrogens with zero attached hydrogens (tertiary/aromatic N) is 2. The number of hydrogen-bond donors (Lipinski definition) is 0. The van der Waals surface area contributed by atoms with Crippen molar-refractivity contribution in [3.05, 3.63) is 40.8 Å². The van der Waals surface area contributed by atoms with E-state index in [0.29, 0.717) is 17.8 Å². The van der Waals surface area contributed by atoms with Gasteiger partial charge in [-0.05, 0) is 43.6 Å². The molecule has 6 nitrogen and oxygen atoms in total. The van der Waals surface area contributed by atoms with E-state index in [1.54, 1.807) is 31.2 Å². The number of carbonyl (C=O) groups excluding carboxylic acids is 1. The van der Waals surface area contributed by atoms with Crippen LogP contribution in [0.4, 0.5) is 0 Å². The van der Waals surface area contributed by atoms with Gasteiger partial charge in [0.15, 0.2) is 5.71 Å². The number of esters is 1. The first-order valence-electron chi connectivity index (χ1n) is 9.95. The number of terminal acetylenes is 1. The summed E-state index contributed by atoms with van der Waals surface area (Å²) in [5, 5.41) is 16.1.